The van der Waals surface area contributed by atoms with Crippen molar-refractivity contribution in [3.63, 3.8) is 0 Å². The summed E-state index contributed by atoms with van der Waals surface area (Å²) in [7, 11) is 0. The van der Waals surface area contributed by atoms with E-state index in [-0.39, 0.29) is 17.3 Å². The molecule has 3 rings (SSSR count). The van der Waals surface area contributed by atoms with Gasteiger partial charge in [-0.25, -0.2) is 9.37 Å². The number of nitrogens with one attached hydrogen (secondary N) is 1. The fourth-order valence-corrected chi connectivity index (χ4v) is 4.10. The Labute approximate surface area is 156 Å². The molecule has 1 N–H and O–H groups in total. The van der Waals surface area contributed by atoms with Crippen LogP contribution in [0.1, 0.15) is 42.1 Å². The zero-order valence-corrected chi connectivity index (χ0v) is 15.5. The predicted molar refractivity (Wildman–Crippen MR) is 101 cm³/mol. The van der Waals surface area contributed by atoms with Crippen LogP contribution in [-0.4, -0.2) is 16.6 Å². The monoisotopic (exact) mass is 369 g/mol. The van der Waals surface area contributed by atoms with Crippen molar-refractivity contribution >= 4 is 23.4 Å². The van der Waals surface area contributed by atoms with E-state index in [0.29, 0.717) is 10.6 Å². The number of amides is 1. The molecule has 0 bridgehead atoms. The Kier molecular flexibility index (Phi) is 5.89. The summed E-state index contributed by atoms with van der Waals surface area (Å²) in [5.41, 5.74) is 4.10. The van der Waals surface area contributed by atoms with E-state index in [0.717, 1.165) is 43.4 Å². The molecule has 1 aromatic carbocycles. The number of para-hydroxylation sites is 1. The van der Waals surface area contributed by atoms with Gasteiger partial charge in [0.2, 0.25) is 5.91 Å². The summed E-state index contributed by atoms with van der Waals surface area (Å²) in [6, 6.07) is 8.34. The van der Waals surface area contributed by atoms with Crippen molar-refractivity contribution in [3.05, 3.63) is 52.5 Å². The minimum atomic E-state index is -0.469. The zero-order chi connectivity index (χ0) is 18.5. The molecule has 1 aliphatic rings. The second kappa shape index (κ2) is 8.33. The van der Waals surface area contributed by atoms with Gasteiger partial charge < -0.3 is 5.32 Å². The van der Waals surface area contributed by atoms with Crippen LogP contribution in [0.5, 0.6) is 0 Å². The maximum atomic E-state index is 13.6. The second-order valence-electron chi connectivity index (χ2n) is 6.18. The Morgan fingerprint density at radius 1 is 1.31 bits per heavy atom. The Balaban J connectivity index is 1.78. The van der Waals surface area contributed by atoms with Crippen LogP contribution < -0.4 is 5.32 Å². The highest BCUT2D eigenvalue weighted by Gasteiger charge is 2.22. The van der Waals surface area contributed by atoms with Crippen LogP contribution in [0.3, 0.4) is 0 Å². The van der Waals surface area contributed by atoms with Gasteiger partial charge in [-0.3, -0.25) is 4.79 Å². The molecule has 4 nitrogen and oxygen atoms in total. The number of rotatable bonds is 5. The lowest BCUT2D eigenvalue weighted by Crippen LogP contribution is -2.16. The third kappa shape index (κ3) is 3.88. The molecule has 134 valence electrons. The Hall–Kier alpha value is -2.39. The molecule has 2 aromatic rings. The number of carbonyl (C=O) groups is 1. The van der Waals surface area contributed by atoms with Crippen LogP contribution >= 0.6 is 11.8 Å². The van der Waals surface area contributed by atoms with Crippen LogP contribution in [0.2, 0.25) is 0 Å². The molecule has 0 spiro atoms. The van der Waals surface area contributed by atoms with Crippen molar-refractivity contribution in [2.75, 3.05) is 11.1 Å². The molecule has 0 saturated carbocycles. The average Bonchev–Trinajstić information content (AvgIpc) is 2.67. The first kappa shape index (κ1) is 18.4. The quantitative estimate of drug-likeness (QED) is 0.800. The number of anilines is 1. The van der Waals surface area contributed by atoms with Crippen LogP contribution in [0.25, 0.3) is 0 Å². The first-order valence-electron chi connectivity index (χ1n) is 8.76. The van der Waals surface area contributed by atoms with Gasteiger partial charge in [-0.2, -0.15) is 5.26 Å². The fraction of sp³-hybridized carbons (Fsp3) is 0.350. The summed E-state index contributed by atoms with van der Waals surface area (Å²) in [5.74, 6) is -0.705. The number of nitrogens with zero attached hydrogens (tertiary/aromatic N) is 2. The van der Waals surface area contributed by atoms with Gasteiger partial charge >= 0.3 is 0 Å². The van der Waals surface area contributed by atoms with E-state index in [1.807, 2.05) is 0 Å². The molecule has 1 aromatic heterocycles. The number of thioether (sulfide) groups is 1. The molecule has 0 unspecified atom stereocenters. The molecule has 1 heterocycles. The van der Waals surface area contributed by atoms with E-state index in [1.54, 1.807) is 12.1 Å². The highest BCUT2D eigenvalue weighted by Crippen LogP contribution is 2.32. The number of carbonyl (C=O) groups excluding carboxylic acids is 1. The van der Waals surface area contributed by atoms with E-state index in [9.17, 15) is 14.4 Å². The van der Waals surface area contributed by atoms with E-state index in [4.69, 9.17) is 0 Å². The van der Waals surface area contributed by atoms with Gasteiger partial charge in [0.05, 0.1) is 17.0 Å². The number of fused-ring (bicyclic) bond motifs is 1. The summed E-state index contributed by atoms with van der Waals surface area (Å²) in [5, 5.41) is 12.8. The lowest BCUT2D eigenvalue weighted by Gasteiger charge is -2.21. The van der Waals surface area contributed by atoms with E-state index in [1.165, 1.54) is 29.5 Å². The molecule has 0 radical (unpaired) electrons. The van der Waals surface area contributed by atoms with Crippen LogP contribution in [0.4, 0.5) is 10.1 Å². The molecule has 0 atom stereocenters. The number of hydrogen-bond acceptors (Lipinski definition) is 4. The number of halogens is 1. The Bertz CT molecular complexity index is 876. The lowest BCUT2D eigenvalue weighted by atomic mass is 9.87. The normalized spacial score (nSPS) is 13.0. The van der Waals surface area contributed by atoms with Gasteiger partial charge in [0.15, 0.2) is 0 Å². The molecular formula is C20H20FN3OS. The lowest BCUT2D eigenvalue weighted by molar-refractivity contribution is -0.113. The maximum absolute atomic E-state index is 13.6. The Morgan fingerprint density at radius 2 is 2.04 bits per heavy atom. The first-order valence-corrected chi connectivity index (χ1v) is 9.74. The van der Waals surface area contributed by atoms with E-state index < -0.39 is 5.82 Å². The van der Waals surface area contributed by atoms with Gasteiger partial charge in [-0.15, -0.1) is 0 Å². The topological polar surface area (TPSA) is 65.8 Å². The molecule has 0 aliphatic heterocycles. The number of aromatic nitrogens is 1. The molecule has 1 aliphatic carbocycles. The molecule has 0 saturated heterocycles. The maximum Gasteiger partial charge on any atom is 0.234 e. The Morgan fingerprint density at radius 3 is 2.73 bits per heavy atom. The van der Waals surface area contributed by atoms with Crippen molar-refractivity contribution in [1.29, 1.82) is 5.26 Å². The van der Waals surface area contributed by atoms with E-state index >= 15 is 0 Å². The molecule has 1 amide bonds. The van der Waals surface area contributed by atoms with Crippen molar-refractivity contribution in [1.82, 2.24) is 4.98 Å². The zero-order valence-electron chi connectivity index (χ0n) is 14.6. The number of aryl methyl sites for hydroxylation is 1. The van der Waals surface area contributed by atoms with Crippen molar-refractivity contribution in [2.45, 2.75) is 44.1 Å². The molecule has 6 heteroatoms. The summed E-state index contributed by atoms with van der Waals surface area (Å²) >= 11 is 1.24. The smallest absolute Gasteiger partial charge is 0.234 e. The first-order chi connectivity index (χ1) is 12.6. The van der Waals surface area contributed by atoms with Crippen molar-refractivity contribution < 1.29 is 9.18 Å². The van der Waals surface area contributed by atoms with Gasteiger partial charge in [0.25, 0.3) is 0 Å². The standard InChI is InChI=1S/C20H20FN3OS/c1-2-17-14-8-4-3-7-13(14)15(11-22)20(24-17)26-12-19(25)23-18-10-6-5-9-16(18)21/h5-6,9-10H,2-4,7-8,12H2,1H3,(H,23,25). The minimum absolute atomic E-state index is 0.0813. The number of nitriles is 1. The third-order valence-corrected chi connectivity index (χ3v) is 5.48. The predicted octanol–water partition coefficient (Wildman–Crippen LogP) is 4.26. The minimum Gasteiger partial charge on any atom is -0.323 e. The van der Waals surface area contributed by atoms with Gasteiger partial charge in [-0.1, -0.05) is 30.8 Å². The fourth-order valence-electron chi connectivity index (χ4n) is 3.27. The second-order valence-corrected chi connectivity index (χ2v) is 7.15. The van der Waals surface area contributed by atoms with Crippen molar-refractivity contribution in [3.8, 4) is 6.07 Å². The number of hydrogen-bond donors (Lipinski definition) is 1. The van der Waals surface area contributed by atoms with Crippen LogP contribution in [0, 0.1) is 17.1 Å². The summed E-state index contributed by atoms with van der Waals surface area (Å²) < 4.78 is 13.6. The SMILES string of the molecule is CCc1nc(SCC(=O)Nc2ccccc2F)c(C#N)c2c1CCCC2. The number of pyridine rings is 1. The summed E-state index contributed by atoms with van der Waals surface area (Å²) in [4.78, 5) is 16.8. The molecule has 26 heavy (non-hydrogen) atoms. The highest BCUT2D eigenvalue weighted by atomic mass is 32.2. The molecule has 0 fully saturated rings. The van der Waals surface area contributed by atoms with Gasteiger partial charge in [0, 0.05) is 5.69 Å². The number of benzene rings is 1. The van der Waals surface area contributed by atoms with Crippen molar-refractivity contribution in [2.24, 2.45) is 0 Å². The average molecular weight is 369 g/mol. The highest BCUT2D eigenvalue weighted by molar-refractivity contribution is 8.00. The van der Waals surface area contributed by atoms with Crippen LogP contribution in [-0.2, 0) is 24.1 Å². The van der Waals surface area contributed by atoms with E-state index in [2.05, 4.69) is 23.3 Å². The van der Waals surface area contributed by atoms with Gasteiger partial charge in [0.1, 0.15) is 16.9 Å². The summed E-state index contributed by atoms with van der Waals surface area (Å²) in [6.07, 6.45) is 4.88. The van der Waals surface area contributed by atoms with Gasteiger partial charge in [-0.05, 0) is 55.4 Å². The summed E-state index contributed by atoms with van der Waals surface area (Å²) in [6.45, 7) is 2.06. The van der Waals surface area contributed by atoms with Crippen LogP contribution in [0.15, 0.2) is 29.3 Å². The largest absolute Gasteiger partial charge is 0.323 e. The third-order valence-electron chi connectivity index (χ3n) is 4.50. The molecular weight excluding hydrogens is 349 g/mol.